The fraction of sp³-hybridized carbons (Fsp3) is 0. The quantitative estimate of drug-likeness (QED) is 0.691. The summed E-state index contributed by atoms with van der Waals surface area (Å²) in [6.45, 7) is 0. The minimum absolute atomic E-state index is 0.304. The van der Waals surface area contributed by atoms with Crippen LogP contribution in [-0.4, -0.2) is 14.7 Å². The molecule has 0 unspecified atom stereocenters. The molecule has 0 aliphatic heterocycles. The van der Waals surface area contributed by atoms with Crippen LogP contribution in [0.3, 0.4) is 0 Å². The molecule has 0 aromatic heterocycles. The Morgan fingerprint density at radius 2 is 1.77 bits per heavy atom. The van der Waals surface area contributed by atoms with Crippen LogP contribution in [0.4, 0.5) is 4.53 Å². The van der Waals surface area contributed by atoms with E-state index in [1.807, 2.05) is 0 Å². The molecule has 0 heterocycles. The van der Waals surface area contributed by atoms with E-state index in [2.05, 4.69) is 4.39 Å². The zero-order valence-electron chi connectivity index (χ0n) is 6.31. The number of carbonyl (C=O) groups is 1. The molecule has 1 aromatic rings. The molecule has 0 aliphatic rings. The molecule has 1 aromatic carbocycles. The Morgan fingerprint density at radius 3 is 2.15 bits per heavy atom. The van der Waals surface area contributed by atoms with Crippen LogP contribution in [0.2, 0.25) is 0 Å². The van der Waals surface area contributed by atoms with E-state index in [0.29, 0.717) is 11.8 Å². The first-order valence-corrected chi connectivity index (χ1v) is 4.61. The van der Waals surface area contributed by atoms with Crippen LogP contribution in [0.25, 0.3) is 0 Å². The molecule has 0 aliphatic carbocycles. The lowest BCUT2D eigenvalue weighted by molar-refractivity contribution is 0.00285. The first-order valence-electron chi connectivity index (χ1n) is 3.20. The highest BCUT2D eigenvalue weighted by molar-refractivity contribution is 7.86. The average Bonchev–Trinajstić information content (AvgIpc) is 2.18. The minimum atomic E-state index is -4.31. The van der Waals surface area contributed by atoms with Crippen molar-refractivity contribution >= 4 is 16.4 Å². The molecule has 0 spiro atoms. The minimum Gasteiger partial charge on any atom is -0.298 e. The van der Waals surface area contributed by atoms with Gasteiger partial charge in [0.05, 0.1) is 4.90 Å². The normalized spacial score (nSPS) is 11.2. The lowest BCUT2D eigenvalue weighted by Crippen LogP contribution is -2.00. The first-order chi connectivity index (χ1) is 6.10. The van der Waals surface area contributed by atoms with Gasteiger partial charge in [-0.1, -0.05) is 16.5 Å². The van der Waals surface area contributed by atoms with Crippen LogP contribution in [-0.2, 0) is 14.5 Å². The first kappa shape index (κ1) is 9.82. The number of hydrogen-bond acceptors (Lipinski definition) is 4. The van der Waals surface area contributed by atoms with Crippen molar-refractivity contribution in [2.75, 3.05) is 0 Å². The van der Waals surface area contributed by atoms with Gasteiger partial charge in [0, 0.05) is 5.56 Å². The molecule has 0 bridgehead atoms. The Balaban J connectivity index is 3.13. The predicted molar refractivity (Wildman–Crippen MR) is 41.2 cm³/mol. The summed E-state index contributed by atoms with van der Waals surface area (Å²) in [6.07, 6.45) is 0.548. The van der Waals surface area contributed by atoms with Gasteiger partial charge in [-0.25, -0.2) is 0 Å². The molecule has 13 heavy (non-hydrogen) atoms. The van der Waals surface area contributed by atoms with Gasteiger partial charge < -0.3 is 0 Å². The zero-order chi connectivity index (χ0) is 9.90. The van der Waals surface area contributed by atoms with Crippen molar-refractivity contribution in [3.05, 3.63) is 29.8 Å². The van der Waals surface area contributed by atoms with Crippen molar-refractivity contribution < 1.29 is 22.1 Å². The Labute approximate surface area is 74.0 Å². The van der Waals surface area contributed by atoms with Crippen LogP contribution in [0, 0.1) is 0 Å². The summed E-state index contributed by atoms with van der Waals surface area (Å²) in [5.74, 6) is 0. The standard InChI is InChI=1S/C7H5FO4S/c8-12-13(10,11)7-3-1-6(5-9)2-4-7/h1-5H. The van der Waals surface area contributed by atoms with Crippen molar-refractivity contribution in [1.29, 1.82) is 0 Å². The van der Waals surface area contributed by atoms with Gasteiger partial charge >= 0.3 is 10.1 Å². The smallest absolute Gasteiger partial charge is 0.298 e. The molecular weight excluding hydrogens is 199 g/mol. The fourth-order valence-corrected chi connectivity index (χ4v) is 1.29. The molecule has 0 saturated heterocycles. The molecule has 4 nitrogen and oxygen atoms in total. The van der Waals surface area contributed by atoms with E-state index in [9.17, 15) is 17.7 Å². The van der Waals surface area contributed by atoms with E-state index < -0.39 is 10.1 Å². The number of aldehydes is 1. The van der Waals surface area contributed by atoms with Crippen LogP contribution in [0.15, 0.2) is 29.2 Å². The van der Waals surface area contributed by atoms with Gasteiger partial charge in [0.1, 0.15) is 6.29 Å². The van der Waals surface area contributed by atoms with Gasteiger partial charge in [0.25, 0.3) is 0 Å². The Bertz CT molecular complexity index is 395. The van der Waals surface area contributed by atoms with E-state index in [-0.39, 0.29) is 4.90 Å². The van der Waals surface area contributed by atoms with Gasteiger partial charge in [0.2, 0.25) is 0 Å². The summed E-state index contributed by atoms with van der Waals surface area (Å²) in [4.78, 5) is 9.85. The number of carbonyl (C=O) groups excluding carboxylic acids is 1. The zero-order valence-corrected chi connectivity index (χ0v) is 7.12. The maximum absolute atomic E-state index is 11.5. The van der Waals surface area contributed by atoms with Crippen LogP contribution < -0.4 is 0 Å². The second kappa shape index (κ2) is 3.63. The Kier molecular flexibility index (Phi) is 2.74. The van der Waals surface area contributed by atoms with Crippen LogP contribution in [0.5, 0.6) is 0 Å². The summed E-state index contributed by atoms with van der Waals surface area (Å²) >= 11 is 0. The molecule has 6 heteroatoms. The lowest BCUT2D eigenvalue weighted by Gasteiger charge is -1.96. The van der Waals surface area contributed by atoms with E-state index in [4.69, 9.17) is 0 Å². The number of hydrogen-bond donors (Lipinski definition) is 0. The SMILES string of the molecule is O=Cc1ccc(S(=O)(=O)OF)cc1. The average molecular weight is 204 g/mol. The molecule has 0 radical (unpaired) electrons. The van der Waals surface area contributed by atoms with Gasteiger partial charge in [-0.15, -0.1) is 0 Å². The van der Waals surface area contributed by atoms with Crippen LogP contribution in [0.1, 0.15) is 10.4 Å². The molecular formula is C7H5FO4S. The molecule has 0 atom stereocenters. The number of halogens is 1. The van der Waals surface area contributed by atoms with E-state index in [0.717, 1.165) is 12.1 Å². The highest BCUT2D eigenvalue weighted by Gasteiger charge is 2.14. The van der Waals surface area contributed by atoms with Gasteiger partial charge in [-0.3, -0.25) is 4.79 Å². The summed E-state index contributed by atoms with van der Waals surface area (Å²) in [7, 11) is -4.31. The summed E-state index contributed by atoms with van der Waals surface area (Å²) < 4.78 is 35.7. The van der Waals surface area contributed by atoms with Crippen molar-refractivity contribution in [3.63, 3.8) is 0 Å². The summed E-state index contributed by atoms with van der Waals surface area (Å²) in [5, 5.41) is 0. The molecule has 0 fully saturated rings. The summed E-state index contributed by atoms with van der Waals surface area (Å²) in [6, 6.07) is 4.66. The van der Waals surface area contributed by atoms with Crippen molar-refractivity contribution in [2.24, 2.45) is 0 Å². The molecule has 1 rings (SSSR count). The lowest BCUT2D eigenvalue weighted by atomic mass is 10.2. The maximum Gasteiger partial charge on any atom is 0.327 e. The molecule has 0 amide bonds. The van der Waals surface area contributed by atoms with Crippen molar-refractivity contribution in [3.8, 4) is 0 Å². The molecule has 0 saturated carbocycles. The van der Waals surface area contributed by atoms with Gasteiger partial charge in [-0.2, -0.15) is 8.42 Å². The Hall–Kier alpha value is -1.27. The number of rotatable bonds is 3. The van der Waals surface area contributed by atoms with Crippen molar-refractivity contribution in [2.45, 2.75) is 4.90 Å². The highest BCUT2D eigenvalue weighted by atomic mass is 32.2. The summed E-state index contributed by atoms with van der Waals surface area (Å²) in [5.41, 5.74) is 0.304. The predicted octanol–water partition coefficient (Wildman–Crippen LogP) is 1.09. The monoisotopic (exact) mass is 204 g/mol. The van der Waals surface area contributed by atoms with Gasteiger partial charge in [0.15, 0.2) is 0 Å². The third kappa shape index (κ3) is 2.10. The third-order valence-corrected chi connectivity index (χ3v) is 2.40. The van der Waals surface area contributed by atoms with E-state index in [1.54, 1.807) is 0 Å². The van der Waals surface area contributed by atoms with Crippen LogP contribution >= 0.6 is 0 Å². The van der Waals surface area contributed by atoms with E-state index >= 15 is 0 Å². The van der Waals surface area contributed by atoms with E-state index in [1.165, 1.54) is 12.1 Å². The second-order valence-electron chi connectivity index (χ2n) is 2.20. The largest absolute Gasteiger partial charge is 0.327 e. The topological polar surface area (TPSA) is 60.4 Å². The molecule has 0 N–H and O–H groups in total. The number of benzene rings is 1. The Morgan fingerprint density at radius 1 is 1.23 bits per heavy atom. The van der Waals surface area contributed by atoms with Gasteiger partial charge in [-0.05, 0) is 16.7 Å². The fourth-order valence-electron chi connectivity index (χ4n) is 0.749. The van der Waals surface area contributed by atoms with Crippen molar-refractivity contribution in [1.82, 2.24) is 0 Å². The second-order valence-corrected chi connectivity index (χ2v) is 3.71. The molecule has 70 valence electrons. The highest BCUT2D eigenvalue weighted by Crippen LogP contribution is 2.12. The third-order valence-electron chi connectivity index (χ3n) is 1.39. The maximum atomic E-state index is 11.5.